The van der Waals surface area contributed by atoms with Crippen molar-refractivity contribution in [1.29, 1.82) is 0 Å². The van der Waals surface area contributed by atoms with Crippen molar-refractivity contribution >= 4 is 34.0 Å². The van der Waals surface area contributed by atoms with Gasteiger partial charge in [-0.05, 0) is 42.5 Å². The normalized spacial score (nSPS) is 14.3. The lowest BCUT2D eigenvalue weighted by Crippen LogP contribution is -1.95. The van der Waals surface area contributed by atoms with Gasteiger partial charge in [0.1, 0.15) is 16.7 Å². The first kappa shape index (κ1) is 13.4. The van der Waals surface area contributed by atoms with Crippen LogP contribution in [0.15, 0.2) is 30.3 Å². The number of aromatic amines is 1. The van der Waals surface area contributed by atoms with Crippen molar-refractivity contribution in [2.75, 3.05) is 12.4 Å². The standard InChI is InChI=1S/C16H15ClN4O/c1-22-11-4-5-12-10(6-11)7-14(19-16(12)17)18-15-8-13(20-21-15)9-2-3-9/h4-9H,2-3H2,1H3,(H2,18,19,20,21). The molecule has 0 amide bonds. The lowest BCUT2D eigenvalue weighted by atomic mass is 10.1. The van der Waals surface area contributed by atoms with Crippen LogP contribution in [0, 0.1) is 0 Å². The maximum atomic E-state index is 6.27. The number of ether oxygens (including phenoxy) is 1. The van der Waals surface area contributed by atoms with Crippen molar-refractivity contribution < 1.29 is 4.74 Å². The molecular formula is C16H15ClN4O. The number of benzene rings is 1. The zero-order valence-corrected chi connectivity index (χ0v) is 12.8. The largest absolute Gasteiger partial charge is 0.497 e. The number of pyridine rings is 1. The Morgan fingerprint density at radius 2 is 2.09 bits per heavy atom. The van der Waals surface area contributed by atoms with E-state index in [1.165, 1.54) is 18.5 Å². The van der Waals surface area contributed by atoms with E-state index in [1.807, 2.05) is 30.3 Å². The van der Waals surface area contributed by atoms with E-state index >= 15 is 0 Å². The van der Waals surface area contributed by atoms with Gasteiger partial charge >= 0.3 is 0 Å². The number of H-pyrrole nitrogens is 1. The molecule has 0 aliphatic heterocycles. The van der Waals surface area contributed by atoms with Gasteiger partial charge in [0.05, 0.1) is 7.11 Å². The molecule has 2 heterocycles. The van der Waals surface area contributed by atoms with Crippen LogP contribution in [0.25, 0.3) is 10.8 Å². The van der Waals surface area contributed by atoms with Crippen LogP contribution in [-0.4, -0.2) is 22.3 Å². The van der Waals surface area contributed by atoms with E-state index in [0.29, 0.717) is 16.9 Å². The monoisotopic (exact) mass is 314 g/mol. The summed E-state index contributed by atoms with van der Waals surface area (Å²) < 4.78 is 5.26. The van der Waals surface area contributed by atoms with E-state index in [4.69, 9.17) is 16.3 Å². The summed E-state index contributed by atoms with van der Waals surface area (Å²) in [5.74, 6) is 2.85. The molecule has 112 valence electrons. The number of anilines is 2. The van der Waals surface area contributed by atoms with Crippen LogP contribution in [0.2, 0.25) is 5.15 Å². The molecule has 0 spiro atoms. The summed E-state index contributed by atoms with van der Waals surface area (Å²) >= 11 is 6.27. The highest BCUT2D eigenvalue weighted by Crippen LogP contribution is 2.39. The highest BCUT2D eigenvalue weighted by molar-refractivity contribution is 6.34. The molecule has 1 fully saturated rings. The first-order chi connectivity index (χ1) is 10.7. The van der Waals surface area contributed by atoms with Gasteiger partial charge < -0.3 is 10.1 Å². The molecule has 0 radical (unpaired) electrons. The Hall–Kier alpha value is -2.27. The molecule has 1 aromatic carbocycles. The Morgan fingerprint density at radius 1 is 1.23 bits per heavy atom. The van der Waals surface area contributed by atoms with Gasteiger partial charge in [0.15, 0.2) is 5.82 Å². The third kappa shape index (κ3) is 2.48. The molecule has 1 aliphatic rings. The number of hydrogen-bond donors (Lipinski definition) is 2. The van der Waals surface area contributed by atoms with Gasteiger partial charge in [-0.25, -0.2) is 4.98 Å². The van der Waals surface area contributed by atoms with Crippen LogP contribution in [0.3, 0.4) is 0 Å². The molecule has 1 saturated carbocycles. The van der Waals surface area contributed by atoms with Gasteiger partial charge in [-0.2, -0.15) is 5.10 Å². The fraction of sp³-hybridized carbons (Fsp3) is 0.250. The third-order valence-corrected chi connectivity index (χ3v) is 4.15. The zero-order valence-electron chi connectivity index (χ0n) is 12.1. The summed E-state index contributed by atoms with van der Waals surface area (Å²) in [4.78, 5) is 4.38. The van der Waals surface area contributed by atoms with Gasteiger partial charge in [0.25, 0.3) is 0 Å². The number of methoxy groups -OCH3 is 1. The Balaban J connectivity index is 1.67. The topological polar surface area (TPSA) is 62.8 Å². The summed E-state index contributed by atoms with van der Waals surface area (Å²) in [5, 5.41) is 12.9. The molecule has 4 rings (SSSR count). The number of halogens is 1. The van der Waals surface area contributed by atoms with Crippen LogP contribution in [0.5, 0.6) is 5.75 Å². The maximum absolute atomic E-state index is 6.27. The summed E-state index contributed by atoms with van der Waals surface area (Å²) in [6.07, 6.45) is 2.48. The van der Waals surface area contributed by atoms with Crippen LogP contribution < -0.4 is 10.1 Å². The van der Waals surface area contributed by atoms with E-state index in [0.717, 1.165) is 22.3 Å². The molecule has 5 nitrogen and oxygen atoms in total. The average Bonchev–Trinajstić information content (AvgIpc) is 3.27. The highest BCUT2D eigenvalue weighted by atomic mass is 35.5. The van der Waals surface area contributed by atoms with Crippen LogP contribution in [0.1, 0.15) is 24.5 Å². The van der Waals surface area contributed by atoms with E-state index in [-0.39, 0.29) is 0 Å². The van der Waals surface area contributed by atoms with Crippen molar-refractivity contribution in [3.63, 3.8) is 0 Å². The van der Waals surface area contributed by atoms with Gasteiger partial charge in [-0.3, -0.25) is 5.10 Å². The minimum Gasteiger partial charge on any atom is -0.497 e. The minimum absolute atomic E-state index is 0.459. The van der Waals surface area contributed by atoms with Crippen molar-refractivity contribution in [1.82, 2.24) is 15.2 Å². The fourth-order valence-corrected chi connectivity index (χ4v) is 2.78. The molecule has 2 aromatic heterocycles. The van der Waals surface area contributed by atoms with Crippen LogP contribution in [0.4, 0.5) is 11.6 Å². The molecule has 3 aromatic rings. The lowest BCUT2D eigenvalue weighted by molar-refractivity contribution is 0.415. The zero-order chi connectivity index (χ0) is 15.1. The minimum atomic E-state index is 0.459. The Bertz CT molecular complexity index is 841. The molecule has 0 bridgehead atoms. The summed E-state index contributed by atoms with van der Waals surface area (Å²) in [7, 11) is 1.65. The Morgan fingerprint density at radius 3 is 2.86 bits per heavy atom. The number of nitrogens with zero attached hydrogens (tertiary/aromatic N) is 2. The molecule has 2 N–H and O–H groups in total. The summed E-state index contributed by atoms with van der Waals surface area (Å²) in [5.41, 5.74) is 1.18. The van der Waals surface area contributed by atoms with Crippen molar-refractivity contribution in [2.45, 2.75) is 18.8 Å². The smallest absolute Gasteiger partial charge is 0.153 e. The predicted octanol–water partition coefficient (Wildman–Crippen LogP) is 4.24. The molecular weight excluding hydrogens is 300 g/mol. The Kier molecular flexibility index (Phi) is 3.15. The van der Waals surface area contributed by atoms with E-state index < -0.39 is 0 Å². The number of rotatable bonds is 4. The first-order valence-electron chi connectivity index (χ1n) is 7.19. The molecule has 1 aliphatic carbocycles. The second-order valence-electron chi connectivity index (χ2n) is 5.49. The van der Waals surface area contributed by atoms with Gasteiger partial charge in [-0.1, -0.05) is 11.6 Å². The number of aromatic nitrogens is 3. The lowest BCUT2D eigenvalue weighted by Gasteiger charge is -2.07. The third-order valence-electron chi connectivity index (χ3n) is 3.86. The van der Waals surface area contributed by atoms with E-state index in [2.05, 4.69) is 20.5 Å². The second kappa shape index (κ2) is 5.18. The highest BCUT2D eigenvalue weighted by Gasteiger charge is 2.25. The number of hydrogen-bond acceptors (Lipinski definition) is 4. The van der Waals surface area contributed by atoms with Crippen LogP contribution >= 0.6 is 11.6 Å². The number of fused-ring (bicyclic) bond motifs is 1. The first-order valence-corrected chi connectivity index (χ1v) is 7.57. The summed E-state index contributed by atoms with van der Waals surface area (Å²) in [6.45, 7) is 0. The quantitative estimate of drug-likeness (QED) is 0.707. The molecule has 22 heavy (non-hydrogen) atoms. The van der Waals surface area contributed by atoms with Crippen molar-refractivity contribution in [2.24, 2.45) is 0 Å². The van der Waals surface area contributed by atoms with Gasteiger partial charge in [0, 0.05) is 23.1 Å². The van der Waals surface area contributed by atoms with Gasteiger partial charge in [-0.15, -0.1) is 0 Å². The maximum Gasteiger partial charge on any atom is 0.153 e. The molecule has 0 atom stereocenters. The van der Waals surface area contributed by atoms with Gasteiger partial charge in [0.2, 0.25) is 0 Å². The predicted molar refractivity (Wildman–Crippen MR) is 87.2 cm³/mol. The Labute approximate surface area is 132 Å². The second-order valence-corrected chi connectivity index (χ2v) is 5.85. The summed E-state index contributed by atoms with van der Waals surface area (Å²) in [6, 6.07) is 9.69. The fourth-order valence-electron chi connectivity index (χ4n) is 2.52. The van der Waals surface area contributed by atoms with Crippen molar-refractivity contribution in [3.05, 3.63) is 41.2 Å². The SMILES string of the molecule is COc1ccc2c(Cl)nc(Nc3cc(C4CC4)[nH]n3)cc2c1. The van der Waals surface area contributed by atoms with E-state index in [9.17, 15) is 0 Å². The van der Waals surface area contributed by atoms with Crippen LogP contribution in [-0.2, 0) is 0 Å². The molecule has 6 heteroatoms. The molecule has 0 unspecified atom stereocenters. The number of nitrogens with one attached hydrogen (secondary N) is 2. The average molecular weight is 315 g/mol. The molecule has 0 saturated heterocycles. The van der Waals surface area contributed by atoms with E-state index in [1.54, 1.807) is 7.11 Å². The van der Waals surface area contributed by atoms with Crippen molar-refractivity contribution in [3.8, 4) is 5.75 Å².